The molecule has 1 aromatic rings. The van der Waals surface area contributed by atoms with Crippen LogP contribution in [0.2, 0.25) is 0 Å². The van der Waals surface area contributed by atoms with Gasteiger partial charge in [-0.1, -0.05) is 12.1 Å². The molecule has 58 valence electrons. The zero-order chi connectivity index (χ0) is 8.10. The van der Waals surface area contributed by atoms with Crippen molar-refractivity contribution < 1.29 is 4.74 Å². The largest absolute Gasteiger partial charge is 0.497 e. The molecule has 0 aliphatic heterocycles. The lowest BCUT2D eigenvalue weighted by atomic mass is 10.2. The van der Waals surface area contributed by atoms with Gasteiger partial charge in [0.05, 0.1) is 7.11 Å². The van der Waals surface area contributed by atoms with Crippen molar-refractivity contribution >= 4 is 15.6 Å². The summed E-state index contributed by atoms with van der Waals surface area (Å²) in [5.41, 5.74) is 1.04. The Morgan fingerprint density at radius 1 is 1.55 bits per heavy atom. The Hall–Kier alpha value is -0.880. The molecule has 0 heterocycles. The van der Waals surface area contributed by atoms with Gasteiger partial charge in [0.1, 0.15) is 5.75 Å². The van der Waals surface area contributed by atoms with E-state index in [4.69, 9.17) is 4.74 Å². The molecule has 1 atom stereocenters. The monoisotopic (exact) mass is 167 g/mol. The van der Waals surface area contributed by atoms with Crippen molar-refractivity contribution in [3.8, 4) is 5.75 Å². The third kappa shape index (κ3) is 2.32. The van der Waals surface area contributed by atoms with Crippen molar-refractivity contribution in [2.24, 2.45) is 4.76 Å². The van der Waals surface area contributed by atoms with Crippen LogP contribution in [0, 0.1) is 0 Å². The minimum atomic E-state index is 0.854. The summed E-state index contributed by atoms with van der Waals surface area (Å²) in [6.45, 7) is 0. The number of hydrogen-bond acceptors (Lipinski definition) is 2. The van der Waals surface area contributed by atoms with Crippen molar-refractivity contribution in [2.75, 3.05) is 7.11 Å². The Morgan fingerprint density at radius 3 is 3.00 bits per heavy atom. The van der Waals surface area contributed by atoms with Crippen molar-refractivity contribution in [3.05, 3.63) is 29.8 Å². The smallest absolute Gasteiger partial charge is 0.119 e. The summed E-state index contributed by atoms with van der Waals surface area (Å²) >= 11 is 0. The molecular formula is C8H10NOP. The van der Waals surface area contributed by atoms with Crippen LogP contribution < -0.4 is 4.74 Å². The molecule has 2 nitrogen and oxygen atoms in total. The molecule has 0 saturated heterocycles. The second kappa shape index (κ2) is 4.09. The van der Waals surface area contributed by atoms with E-state index in [0.29, 0.717) is 0 Å². The van der Waals surface area contributed by atoms with Crippen LogP contribution in [0.5, 0.6) is 5.75 Å². The summed E-state index contributed by atoms with van der Waals surface area (Å²) in [6.07, 6.45) is 1.76. The maximum atomic E-state index is 5.03. The van der Waals surface area contributed by atoms with Gasteiger partial charge in [-0.25, -0.2) is 0 Å². The second-order valence-electron chi connectivity index (χ2n) is 2.05. The van der Waals surface area contributed by atoms with Crippen LogP contribution >= 0.6 is 9.39 Å². The van der Waals surface area contributed by atoms with Gasteiger partial charge in [-0.3, -0.25) is 4.76 Å². The van der Waals surface area contributed by atoms with E-state index in [9.17, 15) is 0 Å². The van der Waals surface area contributed by atoms with E-state index < -0.39 is 0 Å². The number of ether oxygens (including phenoxy) is 1. The maximum Gasteiger partial charge on any atom is 0.119 e. The Morgan fingerprint density at radius 2 is 2.36 bits per heavy atom. The van der Waals surface area contributed by atoms with E-state index in [1.807, 2.05) is 24.3 Å². The zero-order valence-corrected chi connectivity index (χ0v) is 7.47. The van der Waals surface area contributed by atoms with Gasteiger partial charge in [-0.2, -0.15) is 0 Å². The molecule has 0 spiro atoms. The lowest BCUT2D eigenvalue weighted by Gasteiger charge is -1.98. The van der Waals surface area contributed by atoms with Crippen LogP contribution in [0.25, 0.3) is 0 Å². The third-order valence-electron chi connectivity index (χ3n) is 1.32. The molecule has 0 saturated carbocycles. The molecular weight excluding hydrogens is 157 g/mol. The first-order valence-corrected chi connectivity index (χ1v) is 3.76. The lowest BCUT2D eigenvalue weighted by molar-refractivity contribution is 0.415. The molecule has 3 heteroatoms. The first kappa shape index (κ1) is 8.22. The van der Waals surface area contributed by atoms with E-state index in [1.54, 1.807) is 13.3 Å². The highest BCUT2D eigenvalue weighted by molar-refractivity contribution is 7.15. The Labute approximate surface area is 68.6 Å². The highest BCUT2D eigenvalue weighted by Gasteiger charge is 1.90. The Bertz CT molecular complexity index is 260. The Balaban J connectivity index is 2.91. The molecule has 0 amide bonds. The first-order valence-electron chi connectivity index (χ1n) is 3.24. The topological polar surface area (TPSA) is 21.6 Å². The molecule has 1 unspecified atom stereocenters. The molecule has 11 heavy (non-hydrogen) atoms. The van der Waals surface area contributed by atoms with Crippen LogP contribution in [0.15, 0.2) is 29.0 Å². The lowest BCUT2D eigenvalue weighted by Crippen LogP contribution is -1.84. The SMILES string of the molecule is COc1cccc(/C=N/P)c1. The highest BCUT2D eigenvalue weighted by atomic mass is 31.0. The predicted molar refractivity (Wildman–Crippen MR) is 50.3 cm³/mol. The summed E-state index contributed by atoms with van der Waals surface area (Å²) in [4.78, 5) is 0. The normalized spacial score (nSPS) is 10.4. The van der Waals surface area contributed by atoms with Crippen molar-refractivity contribution in [1.82, 2.24) is 0 Å². The molecule has 1 rings (SSSR count). The fourth-order valence-electron chi connectivity index (χ4n) is 0.808. The van der Waals surface area contributed by atoms with Crippen LogP contribution in [0.1, 0.15) is 5.56 Å². The summed E-state index contributed by atoms with van der Waals surface area (Å²) in [5.74, 6) is 0.854. The summed E-state index contributed by atoms with van der Waals surface area (Å²) in [5, 5.41) is 0. The molecule has 0 aliphatic carbocycles. The minimum Gasteiger partial charge on any atom is -0.497 e. The first-order chi connectivity index (χ1) is 5.36. The fourth-order valence-corrected chi connectivity index (χ4v) is 0.980. The molecule has 0 bridgehead atoms. The van der Waals surface area contributed by atoms with Gasteiger partial charge in [0.2, 0.25) is 0 Å². The molecule has 0 fully saturated rings. The summed E-state index contributed by atoms with van der Waals surface area (Å²) in [7, 11) is 3.94. The van der Waals surface area contributed by atoms with E-state index in [2.05, 4.69) is 14.2 Å². The zero-order valence-electron chi connectivity index (χ0n) is 6.32. The number of methoxy groups -OCH3 is 1. The third-order valence-corrected chi connectivity index (χ3v) is 1.47. The predicted octanol–water partition coefficient (Wildman–Crippen LogP) is 1.90. The van der Waals surface area contributed by atoms with Crippen LogP contribution in [-0.2, 0) is 0 Å². The Kier molecular flexibility index (Phi) is 3.06. The van der Waals surface area contributed by atoms with Crippen molar-refractivity contribution in [2.45, 2.75) is 0 Å². The quantitative estimate of drug-likeness (QED) is 0.487. The number of rotatable bonds is 2. The van der Waals surface area contributed by atoms with Gasteiger partial charge in [0, 0.05) is 6.21 Å². The molecule has 0 N–H and O–H groups in total. The average molecular weight is 167 g/mol. The van der Waals surface area contributed by atoms with E-state index in [-0.39, 0.29) is 0 Å². The van der Waals surface area contributed by atoms with Gasteiger partial charge >= 0.3 is 0 Å². The van der Waals surface area contributed by atoms with E-state index in [1.165, 1.54) is 0 Å². The summed E-state index contributed by atoms with van der Waals surface area (Å²) in [6, 6.07) is 7.73. The molecule has 0 aromatic heterocycles. The number of hydrogen-bond donors (Lipinski definition) is 0. The summed E-state index contributed by atoms with van der Waals surface area (Å²) < 4.78 is 8.85. The maximum absolute atomic E-state index is 5.03. The highest BCUT2D eigenvalue weighted by Crippen LogP contribution is 2.10. The van der Waals surface area contributed by atoms with Gasteiger partial charge in [0.25, 0.3) is 0 Å². The van der Waals surface area contributed by atoms with Crippen molar-refractivity contribution in [1.29, 1.82) is 0 Å². The van der Waals surface area contributed by atoms with Gasteiger partial charge in [0.15, 0.2) is 0 Å². The molecule has 1 aromatic carbocycles. The van der Waals surface area contributed by atoms with E-state index in [0.717, 1.165) is 11.3 Å². The number of benzene rings is 1. The van der Waals surface area contributed by atoms with Gasteiger partial charge < -0.3 is 4.74 Å². The van der Waals surface area contributed by atoms with E-state index >= 15 is 0 Å². The van der Waals surface area contributed by atoms with Crippen LogP contribution in [-0.4, -0.2) is 13.3 Å². The van der Waals surface area contributed by atoms with Crippen LogP contribution in [0.4, 0.5) is 0 Å². The second-order valence-corrected chi connectivity index (χ2v) is 2.35. The van der Waals surface area contributed by atoms with Crippen molar-refractivity contribution in [3.63, 3.8) is 0 Å². The molecule has 0 radical (unpaired) electrons. The van der Waals surface area contributed by atoms with Crippen LogP contribution in [0.3, 0.4) is 0 Å². The number of nitrogens with zero attached hydrogens (tertiary/aromatic N) is 1. The van der Waals surface area contributed by atoms with Gasteiger partial charge in [-0.15, -0.1) is 0 Å². The standard InChI is InChI=1S/C8H10NOP/c1-10-8-4-2-3-7(5-8)6-9-11/h2-6H,11H2,1H3/b9-6+. The molecule has 0 aliphatic rings. The minimum absolute atomic E-state index is 0.854. The van der Waals surface area contributed by atoms with Gasteiger partial charge in [-0.05, 0) is 27.1 Å². The average Bonchev–Trinajstić information content (AvgIpc) is 2.06. The fraction of sp³-hybridized carbons (Fsp3) is 0.125.